The van der Waals surface area contributed by atoms with Gasteiger partial charge in [-0.1, -0.05) is 71.5 Å². The molecule has 1 saturated heterocycles. The molecule has 1 aliphatic heterocycles. The number of unbranched alkanes of at least 4 members (excludes halogenated alkanes) is 6. The molecule has 0 saturated carbocycles. The third kappa shape index (κ3) is 8.36. The lowest BCUT2D eigenvalue weighted by Gasteiger charge is -2.15. The van der Waals surface area contributed by atoms with Crippen LogP contribution in [0.15, 0.2) is 0 Å². The van der Waals surface area contributed by atoms with Gasteiger partial charge >= 0.3 is 0 Å². The molecule has 0 N–H and O–H groups in total. The van der Waals surface area contributed by atoms with Gasteiger partial charge in [0.2, 0.25) is 10.0 Å². The van der Waals surface area contributed by atoms with Crippen molar-refractivity contribution in [1.82, 2.24) is 4.31 Å². The van der Waals surface area contributed by atoms with E-state index in [-0.39, 0.29) is 0 Å². The average Bonchev–Trinajstić information content (AvgIpc) is 3.15. The zero-order valence-electron chi connectivity index (χ0n) is 14.5. The van der Waals surface area contributed by atoms with E-state index in [9.17, 15) is 8.42 Å². The minimum atomic E-state index is -2.96. The highest BCUT2D eigenvalue weighted by molar-refractivity contribution is 7.89. The molecule has 0 radical (unpaired) electrons. The van der Waals surface area contributed by atoms with Crippen LogP contribution >= 0.6 is 0 Å². The van der Waals surface area contributed by atoms with Crippen LogP contribution in [0.3, 0.4) is 0 Å². The maximum absolute atomic E-state index is 12.2. The summed E-state index contributed by atoms with van der Waals surface area (Å²) in [6, 6.07) is 1.21. The number of hydrogen-bond acceptors (Lipinski definition) is 2. The lowest BCUT2D eigenvalue weighted by molar-refractivity contribution is 0.532. The summed E-state index contributed by atoms with van der Waals surface area (Å²) in [5.74, 6) is 0.371. The van der Waals surface area contributed by atoms with Gasteiger partial charge in [-0.3, -0.25) is 0 Å². The molecular weight excluding hydrogens is 298 g/mol. The van der Waals surface area contributed by atoms with E-state index < -0.39 is 18.1 Å². The van der Waals surface area contributed by atoms with Gasteiger partial charge in [0, 0.05) is 20.7 Å². The Hall–Kier alpha value is 0.127. The lowest BCUT2D eigenvalue weighted by Crippen LogP contribution is -2.27. The van der Waals surface area contributed by atoms with Crippen LogP contribution in [-0.2, 0) is 10.0 Å². The molecule has 2 atom stereocenters. The van der Waals surface area contributed by atoms with E-state index in [0.717, 1.165) is 19.0 Å². The van der Waals surface area contributed by atoms with Crippen molar-refractivity contribution in [3.05, 3.63) is 0 Å². The van der Waals surface area contributed by atoms with Crippen molar-refractivity contribution >= 4 is 18.1 Å². The molecule has 0 aromatic heterocycles. The van der Waals surface area contributed by atoms with Gasteiger partial charge in [0.25, 0.3) is 0 Å². The molecule has 5 heteroatoms. The summed E-state index contributed by atoms with van der Waals surface area (Å²) < 4.78 is 26.2. The smallest absolute Gasteiger partial charge is 0.212 e. The summed E-state index contributed by atoms with van der Waals surface area (Å²) in [6.45, 7) is 9.73. The maximum Gasteiger partial charge on any atom is 0.214 e. The van der Waals surface area contributed by atoms with E-state index in [2.05, 4.69) is 26.6 Å². The fourth-order valence-corrected chi connectivity index (χ4v) is 7.30. The Bertz CT molecular complexity index is 390. The molecule has 1 heterocycles. The first-order valence-corrected chi connectivity index (χ1v) is 14.1. The lowest BCUT2D eigenvalue weighted by atomic mass is 10.1. The van der Waals surface area contributed by atoms with Crippen LogP contribution in [-0.4, -0.2) is 39.1 Å². The Morgan fingerprint density at radius 1 is 1.00 bits per heavy atom. The minimum absolute atomic E-state index is 0.326. The molecule has 3 nitrogen and oxygen atoms in total. The van der Waals surface area contributed by atoms with Crippen LogP contribution in [0.2, 0.25) is 25.7 Å². The fourth-order valence-electron chi connectivity index (χ4n) is 2.63. The van der Waals surface area contributed by atoms with Gasteiger partial charge in [0.05, 0.1) is 5.75 Å². The quantitative estimate of drug-likeness (QED) is 0.300. The molecule has 1 fully saturated rings. The van der Waals surface area contributed by atoms with Gasteiger partial charge in [0.15, 0.2) is 0 Å². The second kappa shape index (κ2) is 8.68. The fraction of sp³-hybridized carbons (Fsp3) is 1.00. The van der Waals surface area contributed by atoms with Crippen molar-refractivity contribution in [2.24, 2.45) is 0 Å². The molecule has 0 aromatic rings. The van der Waals surface area contributed by atoms with Crippen LogP contribution in [0.5, 0.6) is 0 Å². The molecule has 0 aliphatic carbocycles. The Morgan fingerprint density at radius 3 is 2.14 bits per heavy atom. The van der Waals surface area contributed by atoms with Crippen molar-refractivity contribution in [2.75, 3.05) is 12.3 Å². The van der Waals surface area contributed by atoms with Crippen LogP contribution in [0.25, 0.3) is 0 Å². The molecule has 126 valence electrons. The van der Waals surface area contributed by atoms with Gasteiger partial charge in [-0.05, 0) is 12.5 Å². The number of hydrogen-bond donors (Lipinski definition) is 0. The van der Waals surface area contributed by atoms with Crippen molar-refractivity contribution in [2.45, 2.75) is 90.0 Å². The summed E-state index contributed by atoms with van der Waals surface area (Å²) in [4.78, 5) is 0. The van der Waals surface area contributed by atoms with Crippen LogP contribution in [0.1, 0.15) is 58.3 Å². The molecule has 0 spiro atoms. The Morgan fingerprint density at radius 2 is 1.57 bits per heavy atom. The van der Waals surface area contributed by atoms with Gasteiger partial charge in [-0.25, -0.2) is 8.42 Å². The van der Waals surface area contributed by atoms with Crippen LogP contribution < -0.4 is 0 Å². The standard InChI is InChI=1S/C16H35NO2SSi/c1-5-6-7-8-9-10-11-12-16-15-17(16)20(18,19)13-14-21(2,3)4/h16H,5-15H2,1-4H3/t16-,17?/m1/s1. The highest BCUT2D eigenvalue weighted by Crippen LogP contribution is 2.29. The largest absolute Gasteiger partial charge is 0.214 e. The van der Waals surface area contributed by atoms with E-state index >= 15 is 0 Å². The van der Waals surface area contributed by atoms with Gasteiger partial charge in [-0.2, -0.15) is 4.31 Å². The van der Waals surface area contributed by atoms with Gasteiger partial charge in [-0.15, -0.1) is 0 Å². The first-order valence-electron chi connectivity index (χ1n) is 8.76. The number of rotatable bonds is 12. The second-order valence-electron chi connectivity index (χ2n) is 7.76. The highest BCUT2D eigenvalue weighted by atomic mass is 32.2. The highest BCUT2D eigenvalue weighted by Gasteiger charge is 2.42. The zero-order chi connectivity index (χ0) is 15.9. The van der Waals surface area contributed by atoms with Crippen molar-refractivity contribution in [3.8, 4) is 0 Å². The van der Waals surface area contributed by atoms with E-state index in [1.54, 1.807) is 4.31 Å². The van der Waals surface area contributed by atoms with E-state index in [1.807, 2.05) is 0 Å². The Labute approximate surface area is 133 Å². The van der Waals surface area contributed by atoms with E-state index in [4.69, 9.17) is 0 Å². The zero-order valence-corrected chi connectivity index (χ0v) is 16.3. The second-order valence-corrected chi connectivity index (χ2v) is 15.4. The predicted molar refractivity (Wildman–Crippen MR) is 95.0 cm³/mol. The first-order chi connectivity index (χ1) is 9.76. The first kappa shape index (κ1) is 19.2. The molecule has 21 heavy (non-hydrogen) atoms. The predicted octanol–water partition coefficient (Wildman–Crippen LogP) is 4.48. The van der Waals surface area contributed by atoms with Crippen LogP contribution in [0.4, 0.5) is 0 Å². The molecule has 0 bridgehead atoms. The molecular formula is C16H35NO2SSi. The normalized spacial score (nSPS) is 22.5. The molecule has 0 aromatic carbocycles. The summed E-state index contributed by atoms with van der Waals surface area (Å²) in [6.07, 6.45) is 10.2. The SMILES string of the molecule is CCCCCCCCC[C@@H]1CN1S(=O)(=O)CC[Si](C)(C)C. The average molecular weight is 334 g/mol. The van der Waals surface area contributed by atoms with Gasteiger partial charge < -0.3 is 0 Å². The topological polar surface area (TPSA) is 37.1 Å². The summed E-state index contributed by atoms with van der Waals surface area (Å²) in [5, 5.41) is 0. The third-order valence-electron chi connectivity index (χ3n) is 4.27. The third-order valence-corrected chi connectivity index (χ3v) is 8.27. The molecule has 1 rings (SSSR count). The van der Waals surface area contributed by atoms with Crippen LogP contribution in [0, 0.1) is 0 Å². The van der Waals surface area contributed by atoms with Crippen molar-refractivity contribution in [1.29, 1.82) is 0 Å². The summed E-state index contributed by atoms with van der Waals surface area (Å²) in [7, 11) is -4.22. The number of nitrogens with zero attached hydrogens (tertiary/aromatic N) is 1. The Balaban J connectivity index is 2.10. The Kier molecular flexibility index (Phi) is 7.92. The molecule has 0 amide bonds. The van der Waals surface area contributed by atoms with Crippen molar-refractivity contribution in [3.63, 3.8) is 0 Å². The molecule has 1 aliphatic rings. The summed E-state index contributed by atoms with van der Waals surface area (Å²) >= 11 is 0. The van der Waals surface area contributed by atoms with Crippen molar-refractivity contribution < 1.29 is 8.42 Å². The number of sulfonamides is 1. The maximum atomic E-state index is 12.2. The minimum Gasteiger partial charge on any atom is -0.212 e. The van der Waals surface area contributed by atoms with Gasteiger partial charge in [0.1, 0.15) is 0 Å². The molecule has 1 unspecified atom stereocenters. The monoisotopic (exact) mass is 333 g/mol. The van der Waals surface area contributed by atoms with E-state index in [0.29, 0.717) is 11.8 Å². The summed E-state index contributed by atoms with van der Waals surface area (Å²) in [5.41, 5.74) is 0. The van der Waals surface area contributed by atoms with E-state index in [1.165, 1.54) is 44.9 Å².